The molecule has 0 amide bonds. The fraction of sp³-hybridized carbons (Fsp3) is 0. The zero-order valence-electron chi connectivity index (χ0n) is 6.22. The van der Waals surface area contributed by atoms with Crippen LogP contribution in [0.1, 0.15) is 0 Å². The second kappa shape index (κ2) is 6.01. The molecule has 0 aliphatic carbocycles. The van der Waals surface area contributed by atoms with E-state index in [1.54, 1.807) is 0 Å². The Morgan fingerprint density at radius 1 is 1.08 bits per heavy atom. The lowest BCUT2D eigenvalue weighted by atomic mass is 10.3. The summed E-state index contributed by atoms with van der Waals surface area (Å²) in [6, 6.07) is 3.88. The van der Waals surface area contributed by atoms with Gasteiger partial charge in [0, 0.05) is 6.07 Å². The molecule has 0 bridgehead atoms. The third kappa shape index (κ3) is 3.12. The van der Waals surface area contributed by atoms with Crippen molar-refractivity contribution in [1.82, 2.24) is 0 Å². The van der Waals surface area contributed by atoms with Crippen LogP contribution in [0, 0.1) is 10.8 Å². The maximum atomic E-state index is 8.95. The Morgan fingerprint density at radius 3 is 2.15 bits per heavy atom. The smallest absolute Gasteiger partial charge is 0.434 e. The summed E-state index contributed by atoms with van der Waals surface area (Å²) in [6.07, 6.45) is 0. The van der Waals surface area contributed by atoms with E-state index in [-0.39, 0.29) is 41.9 Å². The zero-order chi connectivity index (χ0) is 8.27. The van der Waals surface area contributed by atoms with Gasteiger partial charge in [0.2, 0.25) is 16.5 Å². The Labute approximate surface area is 86.5 Å². The van der Waals surface area contributed by atoms with Crippen molar-refractivity contribution in [3.8, 4) is 5.75 Å². The van der Waals surface area contributed by atoms with Gasteiger partial charge in [0.05, 0.1) is 0 Å². The average Bonchev–Trinajstić information content (AvgIpc) is 2.05. The fourth-order valence-corrected chi connectivity index (χ4v) is 0.654. The summed E-state index contributed by atoms with van der Waals surface area (Å²) in [4.78, 5) is 5.60. The molecule has 0 radical (unpaired) electrons. The molecule has 5 nitrogen and oxygen atoms in total. The maximum Gasteiger partial charge on any atom is 0.434 e. The highest BCUT2D eigenvalue weighted by Crippen LogP contribution is 2.30. The van der Waals surface area contributed by atoms with Crippen LogP contribution in [-0.4, -0.2) is 5.11 Å². The highest BCUT2D eigenvalue weighted by molar-refractivity contribution is 5.64. The number of phenolic OH excluding ortho intramolecular Hbond substituents is 1. The number of aromatic hydroxyl groups is 1. The van der Waals surface area contributed by atoms with E-state index >= 15 is 0 Å². The van der Waals surface area contributed by atoms with Crippen LogP contribution < -0.4 is 24.8 Å². The van der Waals surface area contributed by atoms with Crippen molar-refractivity contribution in [3.05, 3.63) is 28.2 Å². The monoisotopic (exact) mass is 218 g/mol. The van der Waals surface area contributed by atoms with Crippen molar-refractivity contribution in [3.63, 3.8) is 0 Å². The molecule has 0 spiro atoms. The lowest BCUT2D eigenvalue weighted by Crippen LogP contribution is -3.00. The molecule has 1 aromatic rings. The lowest BCUT2D eigenvalue weighted by Gasteiger charge is -1.79. The number of hydrogen-bond acceptors (Lipinski definition) is 3. The number of diazo groups is 2. The van der Waals surface area contributed by atoms with Crippen molar-refractivity contribution in [2.75, 3.05) is 0 Å². The maximum absolute atomic E-state index is 8.95. The Balaban J connectivity index is 0. The first-order chi connectivity index (χ1) is 5.27. The number of nitrogens with zero attached hydrogens (tertiary/aromatic N) is 4. The Bertz CT molecular complexity index is 368. The van der Waals surface area contributed by atoms with Crippen molar-refractivity contribution in [1.29, 1.82) is 10.8 Å². The van der Waals surface area contributed by atoms with Gasteiger partial charge in [-0.05, 0) is 6.07 Å². The van der Waals surface area contributed by atoms with Crippen LogP contribution in [0.3, 0.4) is 0 Å². The Morgan fingerprint density at radius 2 is 1.69 bits per heavy atom. The molecule has 0 aliphatic heterocycles. The van der Waals surface area contributed by atoms with Gasteiger partial charge in [-0.15, -0.1) is 0 Å². The van der Waals surface area contributed by atoms with Crippen LogP contribution in [0.25, 0.3) is 9.95 Å². The van der Waals surface area contributed by atoms with Gasteiger partial charge in [-0.2, -0.15) is 0 Å². The number of hydrogen-bond donors (Lipinski definition) is 1. The second-order valence-corrected chi connectivity index (χ2v) is 1.87. The van der Waals surface area contributed by atoms with Crippen LogP contribution in [0.2, 0.25) is 0 Å². The third-order valence-corrected chi connectivity index (χ3v) is 1.18. The van der Waals surface area contributed by atoms with E-state index in [0.29, 0.717) is 0 Å². The molecule has 1 rings (SSSR count). The zero-order valence-corrected chi connectivity index (χ0v) is 7.74. The summed E-state index contributed by atoms with van der Waals surface area (Å²) in [6.45, 7) is 0. The molecule has 0 saturated carbocycles. The number of phenols is 1. The second-order valence-electron chi connectivity index (χ2n) is 1.87. The van der Waals surface area contributed by atoms with E-state index in [1.807, 2.05) is 0 Å². The molecule has 1 N–H and O–H groups in total. The van der Waals surface area contributed by atoms with Crippen LogP contribution in [0.15, 0.2) is 18.2 Å². The van der Waals surface area contributed by atoms with Gasteiger partial charge in [-0.1, -0.05) is 0 Å². The summed E-state index contributed by atoms with van der Waals surface area (Å²) >= 11 is 0. The van der Waals surface area contributed by atoms with Gasteiger partial charge in [0.1, 0.15) is 6.07 Å². The van der Waals surface area contributed by atoms with E-state index in [9.17, 15) is 0 Å². The first-order valence-electron chi connectivity index (χ1n) is 2.81. The van der Waals surface area contributed by atoms with Gasteiger partial charge < -0.3 is 29.9 Å². The van der Waals surface area contributed by atoms with Gasteiger partial charge in [0.15, 0.2) is 9.95 Å². The molecule has 1 aromatic carbocycles. The normalized spacial score (nSPS) is 6.92. The summed E-state index contributed by atoms with van der Waals surface area (Å²) < 4.78 is 0. The Kier molecular flexibility index (Phi) is 6.47. The van der Waals surface area contributed by atoms with E-state index in [2.05, 4.69) is 9.95 Å². The number of benzene rings is 1. The molecule has 0 heterocycles. The topological polar surface area (TPSA) is 76.5 Å². The Hall–Kier alpha value is -1.56. The minimum Gasteiger partial charge on any atom is -1.00 e. The highest BCUT2D eigenvalue weighted by atomic mass is 35.5. The molecule has 7 heteroatoms. The lowest BCUT2D eigenvalue weighted by molar-refractivity contribution is -0.00100. The van der Waals surface area contributed by atoms with Crippen molar-refractivity contribution in [2.24, 2.45) is 0 Å². The fourth-order valence-electron chi connectivity index (χ4n) is 0.654. The number of rotatable bonds is 0. The molecule has 0 fully saturated rings. The molecule has 0 unspecified atom stereocenters. The van der Waals surface area contributed by atoms with Gasteiger partial charge in [-0.3, -0.25) is 0 Å². The van der Waals surface area contributed by atoms with Gasteiger partial charge in [0.25, 0.3) is 0 Å². The van der Waals surface area contributed by atoms with E-state index < -0.39 is 0 Å². The van der Waals surface area contributed by atoms with Crippen LogP contribution >= 0.6 is 0 Å². The summed E-state index contributed by atoms with van der Waals surface area (Å²) in [5.74, 6) is -0.167. The van der Waals surface area contributed by atoms with Crippen molar-refractivity contribution >= 4 is 11.4 Å². The molecule has 0 aromatic heterocycles. The first kappa shape index (κ1) is 14.0. The summed E-state index contributed by atoms with van der Waals surface area (Å²) in [5.41, 5.74) is 0.191. The molecular formula is C6H4Cl2N4O. The van der Waals surface area contributed by atoms with Crippen molar-refractivity contribution < 1.29 is 29.9 Å². The minimum absolute atomic E-state index is 0. The minimum atomic E-state index is -0.167. The van der Waals surface area contributed by atoms with Crippen LogP contribution in [0.4, 0.5) is 11.4 Å². The first-order valence-corrected chi connectivity index (χ1v) is 2.81. The van der Waals surface area contributed by atoms with Crippen LogP contribution in [-0.2, 0) is 0 Å². The third-order valence-electron chi connectivity index (χ3n) is 1.18. The molecule has 13 heavy (non-hydrogen) atoms. The van der Waals surface area contributed by atoms with Gasteiger partial charge in [-0.25, -0.2) is 0 Å². The van der Waals surface area contributed by atoms with Crippen LogP contribution in [0.5, 0.6) is 5.75 Å². The summed E-state index contributed by atoms with van der Waals surface area (Å²) in [5, 5.41) is 25.5. The van der Waals surface area contributed by atoms with Gasteiger partial charge >= 0.3 is 11.4 Å². The van der Waals surface area contributed by atoms with Crippen molar-refractivity contribution in [2.45, 2.75) is 0 Å². The molecule has 0 aliphatic rings. The van der Waals surface area contributed by atoms with E-state index in [4.69, 9.17) is 15.9 Å². The average molecular weight is 219 g/mol. The molecule has 68 valence electrons. The quantitative estimate of drug-likeness (QED) is 0.457. The number of halogens is 2. The molecule has 0 saturated heterocycles. The van der Waals surface area contributed by atoms with E-state index in [1.165, 1.54) is 18.2 Å². The summed E-state index contributed by atoms with van der Waals surface area (Å²) in [7, 11) is 0. The standard InChI is InChI=1S/C6H3N4O.2ClH/c7-9-4-1-2-6(11)5(3-4)10-8;;/h1-3H;2*1H/q+1;;/p-1. The molecule has 0 atom stereocenters. The SMILES string of the molecule is N#[N+]c1ccc(O)c([N+]#N)c1.[Cl-].[Cl-]. The predicted octanol–water partition coefficient (Wildman–Crippen LogP) is -3.63. The molecular weight excluding hydrogens is 215 g/mol. The largest absolute Gasteiger partial charge is 1.00 e. The predicted molar refractivity (Wildman–Crippen MR) is 37.6 cm³/mol. The highest BCUT2D eigenvalue weighted by Gasteiger charge is 2.18. The van der Waals surface area contributed by atoms with E-state index in [0.717, 1.165) is 0 Å².